The van der Waals surface area contributed by atoms with E-state index < -0.39 is 0 Å². The third-order valence-electron chi connectivity index (χ3n) is 15.7. The average molecular weight is 895 g/mol. The van der Waals surface area contributed by atoms with E-state index in [1.54, 1.807) is 0 Å². The van der Waals surface area contributed by atoms with E-state index in [-0.39, 0.29) is 13.4 Å². The Morgan fingerprint density at radius 2 is 0.814 bits per heavy atom. The van der Waals surface area contributed by atoms with Gasteiger partial charge in [-0.2, -0.15) is 0 Å². The standard InChI is InChI=1S/C62H36B2N2O4/c1-33-26-40(35-16-6-3-7-17-35)59-46(28-33)63-44-30-42-38-22-12-14-24-48(38)67-61(42)57-54(44)66-55-45(31-43-39-23-13-15-25-49(39)68-62(43)58(55)65(57)37-20-10-5-11-21-37)64-47-29-34(2)27-41(36-18-8-4-9-19-36)60(47)70-51-32-50(69-59)52(63)56(66)53(51)64/h3-32H,1-2H3. The number of nitrogens with zero attached hydrogens (tertiary/aromatic N) is 2. The van der Waals surface area contributed by atoms with Gasteiger partial charge in [-0.05, 0) is 94.1 Å². The first-order valence-corrected chi connectivity index (χ1v) is 24.1. The van der Waals surface area contributed by atoms with Gasteiger partial charge in [0.2, 0.25) is 0 Å². The zero-order chi connectivity index (χ0) is 45.7. The lowest BCUT2D eigenvalue weighted by molar-refractivity contribution is 0.467. The highest BCUT2D eigenvalue weighted by atomic mass is 16.5. The van der Waals surface area contributed by atoms with Gasteiger partial charge in [-0.1, -0.05) is 151 Å². The van der Waals surface area contributed by atoms with Gasteiger partial charge in [0.15, 0.2) is 11.2 Å². The van der Waals surface area contributed by atoms with Gasteiger partial charge in [-0.15, -0.1) is 0 Å². The Hall–Kier alpha value is -8.87. The lowest BCUT2D eigenvalue weighted by Crippen LogP contribution is -2.67. The van der Waals surface area contributed by atoms with Crippen LogP contribution in [0.1, 0.15) is 11.1 Å². The van der Waals surface area contributed by atoms with E-state index in [4.69, 9.17) is 18.3 Å². The fourth-order valence-electron chi connectivity index (χ4n) is 13.0. The highest BCUT2D eigenvalue weighted by Gasteiger charge is 2.55. The molecule has 0 fully saturated rings. The molecule has 0 amide bonds. The van der Waals surface area contributed by atoms with E-state index in [0.717, 1.165) is 145 Å². The summed E-state index contributed by atoms with van der Waals surface area (Å²) < 4.78 is 29.4. The number of benzene rings is 10. The van der Waals surface area contributed by atoms with Crippen LogP contribution in [0.5, 0.6) is 23.0 Å². The Labute approximate surface area is 402 Å². The molecule has 17 rings (SSSR count). The number of furan rings is 2. The van der Waals surface area contributed by atoms with Gasteiger partial charge in [0, 0.05) is 50.1 Å². The molecule has 0 N–H and O–H groups in total. The molecule has 0 saturated carbocycles. The first-order valence-electron chi connectivity index (χ1n) is 24.1. The Kier molecular flexibility index (Phi) is 6.90. The summed E-state index contributed by atoms with van der Waals surface area (Å²) in [5.74, 6) is 3.33. The van der Waals surface area contributed by atoms with Gasteiger partial charge < -0.3 is 28.1 Å². The molecule has 0 saturated heterocycles. The summed E-state index contributed by atoms with van der Waals surface area (Å²) in [6.45, 7) is 4.00. The van der Waals surface area contributed by atoms with Crippen LogP contribution in [0.2, 0.25) is 0 Å². The fourth-order valence-corrected chi connectivity index (χ4v) is 13.0. The lowest BCUT2D eigenvalue weighted by atomic mass is 9.29. The molecule has 8 heteroatoms. The van der Waals surface area contributed by atoms with Crippen LogP contribution >= 0.6 is 0 Å². The van der Waals surface area contributed by atoms with Crippen LogP contribution in [0.25, 0.3) is 66.1 Å². The van der Waals surface area contributed by atoms with Crippen molar-refractivity contribution in [1.29, 1.82) is 0 Å². The minimum Gasteiger partial charge on any atom is -0.458 e. The van der Waals surface area contributed by atoms with Crippen molar-refractivity contribution in [3.8, 4) is 45.3 Å². The smallest absolute Gasteiger partial charge is 0.256 e. The molecule has 324 valence electrons. The van der Waals surface area contributed by atoms with Crippen LogP contribution in [0.15, 0.2) is 191 Å². The number of rotatable bonds is 3. The minimum absolute atomic E-state index is 0.209. The third kappa shape index (κ3) is 4.57. The molecule has 0 spiro atoms. The maximum atomic E-state index is 7.50. The molecule has 0 atom stereocenters. The Morgan fingerprint density at radius 1 is 0.371 bits per heavy atom. The van der Waals surface area contributed by atoms with Crippen molar-refractivity contribution < 1.29 is 18.3 Å². The molecule has 0 bridgehead atoms. The van der Waals surface area contributed by atoms with Crippen molar-refractivity contribution in [2.45, 2.75) is 13.8 Å². The molecule has 0 radical (unpaired) electrons. The first-order chi connectivity index (χ1) is 34.6. The number of fused-ring (bicyclic) bond motifs is 14. The predicted molar refractivity (Wildman–Crippen MR) is 287 cm³/mol. The molecular weight excluding hydrogens is 858 g/mol. The Morgan fingerprint density at radius 3 is 1.30 bits per heavy atom. The van der Waals surface area contributed by atoms with Crippen LogP contribution in [0, 0.1) is 13.8 Å². The number of aryl methyl sites for hydroxylation is 2. The van der Waals surface area contributed by atoms with Crippen molar-refractivity contribution in [2.24, 2.45) is 0 Å². The van der Waals surface area contributed by atoms with E-state index in [0.29, 0.717) is 0 Å². The van der Waals surface area contributed by atoms with E-state index in [2.05, 4.69) is 206 Å². The molecule has 10 aromatic carbocycles. The molecule has 7 heterocycles. The molecule has 5 aliphatic heterocycles. The topological polar surface area (TPSA) is 51.2 Å². The molecule has 2 aromatic heterocycles. The van der Waals surface area contributed by atoms with Gasteiger partial charge in [0.1, 0.15) is 45.5 Å². The monoisotopic (exact) mass is 894 g/mol. The summed E-state index contributed by atoms with van der Waals surface area (Å²) >= 11 is 0. The number of hydrogen-bond donors (Lipinski definition) is 0. The minimum atomic E-state index is -0.209. The zero-order valence-electron chi connectivity index (χ0n) is 38.0. The van der Waals surface area contributed by atoms with Crippen LogP contribution in [-0.4, -0.2) is 13.4 Å². The summed E-state index contributed by atoms with van der Waals surface area (Å²) in [4.78, 5) is 5.02. The van der Waals surface area contributed by atoms with Crippen LogP contribution < -0.4 is 52.1 Å². The van der Waals surface area contributed by atoms with Gasteiger partial charge in [0.05, 0.1) is 11.4 Å². The number of anilines is 6. The molecule has 5 aliphatic rings. The average Bonchev–Trinajstić information content (AvgIpc) is 3.98. The summed E-state index contributed by atoms with van der Waals surface area (Å²) in [6, 6.07) is 65.4. The van der Waals surface area contributed by atoms with Crippen LogP contribution in [0.4, 0.5) is 34.1 Å². The van der Waals surface area contributed by atoms with Gasteiger partial charge in [-0.3, -0.25) is 0 Å². The maximum Gasteiger partial charge on any atom is 0.256 e. The fraction of sp³-hybridized carbons (Fsp3) is 0.0323. The third-order valence-corrected chi connectivity index (χ3v) is 15.7. The number of ether oxygens (including phenoxy) is 2. The molecular formula is C62H36B2N2O4. The van der Waals surface area contributed by atoms with Crippen molar-refractivity contribution in [1.82, 2.24) is 0 Å². The highest BCUT2D eigenvalue weighted by molar-refractivity contribution is 7.04. The van der Waals surface area contributed by atoms with Crippen molar-refractivity contribution in [3.63, 3.8) is 0 Å². The SMILES string of the molecule is Cc1cc2c(c(-c3ccccc3)c1)Oc1cc3c4c5c1B2c1cc2c(oc6ccccc62)c2c1N5c1c(cc5c(oc6ccccc65)c1N2c1ccccc1)B4c1cc(C)cc(-c2ccccc2)c1O3. The number of hydrogen-bond acceptors (Lipinski definition) is 6. The van der Waals surface area contributed by atoms with E-state index in [9.17, 15) is 0 Å². The molecule has 0 aliphatic carbocycles. The zero-order valence-corrected chi connectivity index (χ0v) is 38.0. The van der Waals surface area contributed by atoms with Crippen molar-refractivity contribution in [2.75, 3.05) is 9.80 Å². The number of para-hydroxylation sites is 3. The molecule has 12 aromatic rings. The van der Waals surface area contributed by atoms with E-state index in [1.807, 2.05) is 0 Å². The molecule has 70 heavy (non-hydrogen) atoms. The predicted octanol–water partition coefficient (Wildman–Crippen LogP) is 12.6. The Bertz CT molecular complexity index is 4100. The van der Waals surface area contributed by atoms with Gasteiger partial charge >= 0.3 is 0 Å². The second-order valence-corrected chi connectivity index (χ2v) is 19.6. The Balaban J connectivity index is 1.10. The second kappa shape index (κ2) is 13.0. The summed E-state index contributed by atoms with van der Waals surface area (Å²) in [5, 5.41) is 4.27. The summed E-state index contributed by atoms with van der Waals surface area (Å²) in [7, 11) is 0. The van der Waals surface area contributed by atoms with Gasteiger partial charge in [0.25, 0.3) is 13.4 Å². The van der Waals surface area contributed by atoms with Crippen LogP contribution in [0.3, 0.4) is 0 Å². The van der Waals surface area contributed by atoms with Crippen molar-refractivity contribution >= 4 is 124 Å². The summed E-state index contributed by atoms with van der Waals surface area (Å²) in [6.07, 6.45) is 0. The largest absolute Gasteiger partial charge is 0.458 e. The van der Waals surface area contributed by atoms with Gasteiger partial charge in [-0.25, -0.2) is 0 Å². The first kappa shape index (κ1) is 37.2. The lowest BCUT2D eigenvalue weighted by Gasteiger charge is -2.51. The molecule has 6 nitrogen and oxygen atoms in total. The molecule has 0 unspecified atom stereocenters. The normalized spacial score (nSPS) is 14.0. The van der Waals surface area contributed by atoms with Crippen LogP contribution in [-0.2, 0) is 0 Å². The van der Waals surface area contributed by atoms with E-state index >= 15 is 0 Å². The highest BCUT2D eigenvalue weighted by Crippen LogP contribution is 2.62. The second-order valence-electron chi connectivity index (χ2n) is 19.6. The van der Waals surface area contributed by atoms with E-state index in [1.165, 1.54) is 22.1 Å². The maximum absolute atomic E-state index is 7.50. The van der Waals surface area contributed by atoms with Crippen molar-refractivity contribution in [3.05, 3.63) is 193 Å². The quantitative estimate of drug-likeness (QED) is 0.165. The summed E-state index contributed by atoms with van der Waals surface area (Å²) in [5.41, 5.74) is 23.2.